The van der Waals surface area contributed by atoms with Crippen LogP contribution >= 0.6 is 0 Å². The molecule has 1 aliphatic rings. The topological polar surface area (TPSA) is 68.8 Å². The van der Waals surface area contributed by atoms with Crippen molar-refractivity contribution in [3.05, 3.63) is 23.0 Å². The highest BCUT2D eigenvalue weighted by Crippen LogP contribution is 2.11. The zero-order chi connectivity index (χ0) is 15.9. The Hall–Kier alpha value is -1.21. The Balaban J connectivity index is 1.87. The minimum absolute atomic E-state index is 0.0710. The fourth-order valence-electron chi connectivity index (χ4n) is 2.82. The number of hydrogen-bond donors (Lipinski definition) is 2. The van der Waals surface area contributed by atoms with Crippen molar-refractivity contribution in [1.29, 1.82) is 0 Å². The monoisotopic (exact) mass is 309 g/mol. The van der Waals surface area contributed by atoms with Gasteiger partial charge in [0.25, 0.3) is 0 Å². The van der Waals surface area contributed by atoms with E-state index in [0.29, 0.717) is 13.1 Å². The van der Waals surface area contributed by atoms with Gasteiger partial charge in [-0.25, -0.2) is 0 Å². The molecule has 0 radical (unpaired) electrons. The molecule has 1 aromatic heterocycles. The van der Waals surface area contributed by atoms with Crippen molar-refractivity contribution in [2.45, 2.75) is 13.8 Å². The molecule has 1 aromatic rings. The highest BCUT2D eigenvalue weighted by molar-refractivity contribution is 5.98. The van der Waals surface area contributed by atoms with E-state index in [9.17, 15) is 9.90 Å². The maximum absolute atomic E-state index is 12.4. The summed E-state index contributed by atoms with van der Waals surface area (Å²) in [6.07, 6.45) is 0. The number of aliphatic hydroxyl groups excluding tert-OH is 1. The van der Waals surface area contributed by atoms with Crippen LogP contribution in [0.5, 0.6) is 0 Å². The van der Waals surface area contributed by atoms with Crippen LogP contribution in [-0.4, -0.2) is 84.8 Å². The van der Waals surface area contributed by atoms with Gasteiger partial charge in [0.05, 0.1) is 26.4 Å². The summed E-state index contributed by atoms with van der Waals surface area (Å²) < 4.78 is 5.34. The van der Waals surface area contributed by atoms with E-state index in [4.69, 9.17) is 4.74 Å². The maximum atomic E-state index is 12.4. The van der Waals surface area contributed by atoms with Crippen molar-refractivity contribution in [3.8, 4) is 0 Å². The van der Waals surface area contributed by atoms with Gasteiger partial charge < -0.3 is 14.8 Å². The van der Waals surface area contributed by atoms with Crippen LogP contribution in [-0.2, 0) is 4.74 Å². The number of aromatic amines is 1. The first-order valence-electron chi connectivity index (χ1n) is 7.93. The first-order chi connectivity index (χ1) is 10.6. The number of carbonyl (C=O) groups excluding carboxylic acids is 1. The molecule has 2 heterocycles. The number of aromatic nitrogens is 1. The van der Waals surface area contributed by atoms with Gasteiger partial charge in [-0.1, -0.05) is 0 Å². The van der Waals surface area contributed by atoms with Crippen LogP contribution in [0.25, 0.3) is 0 Å². The van der Waals surface area contributed by atoms with Crippen LogP contribution in [0.15, 0.2) is 6.07 Å². The minimum atomic E-state index is 0.0710. The fourth-order valence-corrected chi connectivity index (χ4v) is 2.82. The molecule has 1 aliphatic heterocycles. The van der Waals surface area contributed by atoms with E-state index >= 15 is 0 Å². The molecule has 0 amide bonds. The fraction of sp³-hybridized carbons (Fsp3) is 0.688. The lowest BCUT2D eigenvalue weighted by atomic mass is 10.1. The van der Waals surface area contributed by atoms with Crippen LogP contribution in [0, 0.1) is 13.8 Å². The van der Waals surface area contributed by atoms with E-state index in [1.165, 1.54) is 0 Å². The SMILES string of the molecule is Cc1cc(C(=O)CN(CCO)CCN2CCOCC2)c(C)[nH]1. The van der Waals surface area contributed by atoms with Crippen molar-refractivity contribution in [2.24, 2.45) is 0 Å². The molecule has 6 nitrogen and oxygen atoms in total. The highest BCUT2D eigenvalue weighted by atomic mass is 16.5. The quantitative estimate of drug-likeness (QED) is 0.682. The Morgan fingerprint density at radius 3 is 2.68 bits per heavy atom. The molecule has 2 rings (SSSR count). The summed E-state index contributed by atoms with van der Waals surface area (Å²) in [6, 6.07) is 1.90. The maximum Gasteiger partial charge on any atom is 0.178 e. The van der Waals surface area contributed by atoms with Gasteiger partial charge in [0.1, 0.15) is 0 Å². The van der Waals surface area contributed by atoms with E-state index in [2.05, 4.69) is 9.88 Å². The number of nitrogens with zero attached hydrogens (tertiary/aromatic N) is 2. The number of aryl methyl sites for hydroxylation is 2. The third-order valence-corrected chi connectivity index (χ3v) is 4.07. The van der Waals surface area contributed by atoms with Gasteiger partial charge in [-0.05, 0) is 19.9 Å². The van der Waals surface area contributed by atoms with Gasteiger partial charge in [0.15, 0.2) is 5.78 Å². The molecule has 22 heavy (non-hydrogen) atoms. The van der Waals surface area contributed by atoms with Crippen molar-refractivity contribution in [1.82, 2.24) is 14.8 Å². The van der Waals surface area contributed by atoms with Crippen LogP contribution in [0.3, 0.4) is 0 Å². The van der Waals surface area contributed by atoms with E-state index in [1.54, 1.807) is 0 Å². The average Bonchev–Trinajstić information content (AvgIpc) is 2.85. The predicted octanol–water partition coefficient (Wildman–Crippen LogP) is 0.441. The van der Waals surface area contributed by atoms with E-state index in [1.807, 2.05) is 24.8 Å². The molecule has 0 aliphatic carbocycles. The Kier molecular flexibility index (Phi) is 6.57. The molecule has 1 saturated heterocycles. The number of rotatable bonds is 8. The number of hydrogen-bond acceptors (Lipinski definition) is 5. The third kappa shape index (κ3) is 4.91. The number of Topliss-reactive ketones (excluding diaryl/α,β-unsaturated/α-hetero) is 1. The number of ketones is 1. The lowest BCUT2D eigenvalue weighted by molar-refractivity contribution is 0.0324. The molecule has 6 heteroatoms. The summed E-state index contributed by atoms with van der Waals surface area (Å²) in [5.41, 5.74) is 2.68. The predicted molar refractivity (Wildman–Crippen MR) is 85.4 cm³/mol. The number of carbonyl (C=O) groups is 1. The van der Waals surface area contributed by atoms with Crippen LogP contribution in [0.2, 0.25) is 0 Å². The van der Waals surface area contributed by atoms with Gasteiger partial charge in [-0.15, -0.1) is 0 Å². The van der Waals surface area contributed by atoms with Gasteiger partial charge in [0.2, 0.25) is 0 Å². The van der Waals surface area contributed by atoms with Gasteiger partial charge >= 0.3 is 0 Å². The summed E-state index contributed by atoms with van der Waals surface area (Å²) in [5.74, 6) is 0.109. The van der Waals surface area contributed by atoms with Gasteiger partial charge in [-0.3, -0.25) is 14.6 Å². The van der Waals surface area contributed by atoms with Crippen LogP contribution in [0.1, 0.15) is 21.7 Å². The molecule has 0 saturated carbocycles. The van der Waals surface area contributed by atoms with Crippen molar-refractivity contribution in [3.63, 3.8) is 0 Å². The molecule has 2 N–H and O–H groups in total. The Labute approximate surface area is 132 Å². The molecule has 0 aromatic carbocycles. The Bertz CT molecular complexity index is 481. The summed E-state index contributed by atoms with van der Waals surface area (Å²) in [4.78, 5) is 20.0. The molecule has 0 atom stereocenters. The average molecular weight is 309 g/mol. The zero-order valence-electron chi connectivity index (χ0n) is 13.6. The number of aliphatic hydroxyl groups is 1. The molecular formula is C16H27N3O3. The van der Waals surface area contributed by atoms with Crippen molar-refractivity contribution < 1.29 is 14.6 Å². The number of morpholine rings is 1. The van der Waals surface area contributed by atoms with E-state index < -0.39 is 0 Å². The molecule has 0 unspecified atom stereocenters. The van der Waals surface area contributed by atoms with Crippen molar-refractivity contribution >= 4 is 5.78 Å². The third-order valence-electron chi connectivity index (χ3n) is 4.07. The smallest absolute Gasteiger partial charge is 0.178 e. The van der Waals surface area contributed by atoms with Gasteiger partial charge in [-0.2, -0.15) is 0 Å². The highest BCUT2D eigenvalue weighted by Gasteiger charge is 2.17. The molecular weight excluding hydrogens is 282 g/mol. The van der Waals surface area contributed by atoms with Crippen LogP contribution in [0.4, 0.5) is 0 Å². The summed E-state index contributed by atoms with van der Waals surface area (Å²) in [7, 11) is 0. The first-order valence-corrected chi connectivity index (χ1v) is 7.93. The Morgan fingerprint density at radius 2 is 2.09 bits per heavy atom. The lowest BCUT2D eigenvalue weighted by Gasteiger charge is -2.29. The Morgan fingerprint density at radius 1 is 1.36 bits per heavy atom. The normalized spacial score (nSPS) is 16.4. The molecule has 0 spiro atoms. The van der Waals surface area contributed by atoms with Gasteiger partial charge in [0, 0.05) is 49.7 Å². The molecule has 1 fully saturated rings. The summed E-state index contributed by atoms with van der Waals surface area (Å²) in [5, 5.41) is 9.22. The molecule has 124 valence electrons. The summed E-state index contributed by atoms with van der Waals surface area (Å²) >= 11 is 0. The van der Waals surface area contributed by atoms with Crippen LogP contribution < -0.4 is 0 Å². The second-order valence-electron chi connectivity index (χ2n) is 5.87. The number of H-pyrrole nitrogens is 1. The second kappa shape index (κ2) is 8.43. The molecule has 0 bridgehead atoms. The standard InChI is InChI=1S/C16H27N3O3/c1-13-11-15(14(2)17-13)16(21)12-19(5-8-20)4-3-18-6-9-22-10-7-18/h11,17,20H,3-10,12H2,1-2H3. The number of nitrogens with one attached hydrogen (secondary N) is 1. The van der Waals surface area contributed by atoms with E-state index in [-0.39, 0.29) is 12.4 Å². The second-order valence-corrected chi connectivity index (χ2v) is 5.87. The van der Waals surface area contributed by atoms with Crippen molar-refractivity contribution in [2.75, 3.05) is 59.1 Å². The lowest BCUT2D eigenvalue weighted by Crippen LogP contribution is -2.43. The number of ether oxygens (including phenoxy) is 1. The summed E-state index contributed by atoms with van der Waals surface area (Å²) in [6.45, 7) is 9.95. The first kappa shape index (κ1) is 17.1. The largest absolute Gasteiger partial charge is 0.395 e. The van der Waals surface area contributed by atoms with E-state index in [0.717, 1.165) is 56.3 Å². The zero-order valence-corrected chi connectivity index (χ0v) is 13.6. The minimum Gasteiger partial charge on any atom is -0.395 e.